The summed E-state index contributed by atoms with van der Waals surface area (Å²) in [4.78, 5) is 8.25. The van der Waals surface area contributed by atoms with Crippen molar-refractivity contribution in [1.29, 1.82) is 0 Å². The van der Waals surface area contributed by atoms with Crippen LogP contribution in [-0.2, 0) is 6.54 Å². The molecule has 0 unspecified atom stereocenters. The number of rotatable bonds is 3. The summed E-state index contributed by atoms with van der Waals surface area (Å²) in [5.74, 6) is 1.53. The first-order valence-corrected chi connectivity index (χ1v) is 6.70. The Labute approximate surface area is 119 Å². The van der Waals surface area contributed by atoms with Crippen molar-refractivity contribution in [3.8, 4) is 11.5 Å². The van der Waals surface area contributed by atoms with E-state index in [2.05, 4.69) is 31.2 Å². The van der Waals surface area contributed by atoms with Gasteiger partial charge in [-0.15, -0.1) is 0 Å². The molecule has 2 heterocycles. The quantitative estimate of drug-likeness (QED) is 0.941. The minimum Gasteiger partial charge on any atom is -0.486 e. The minimum absolute atomic E-state index is 0.582. The van der Waals surface area contributed by atoms with Crippen LogP contribution in [0.1, 0.15) is 5.69 Å². The Morgan fingerprint density at radius 3 is 2.68 bits per heavy atom. The largest absolute Gasteiger partial charge is 0.486 e. The lowest BCUT2D eigenvalue weighted by Gasteiger charge is -2.20. The first kappa shape index (κ1) is 12.2. The fraction of sp³-hybridized carbons (Fsp3) is 0.231. The molecule has 0 saturated carbocycles. The summed E-state index contributed by atoms with van der Waals surface area (Å²) in [6.45, 7) is 1.77. The van der Waals surface area contributed by atoms with E-state index >= 15 is 0 Å². The fourth-order valence-electron chi connectivity index (χ4n) is 1.81. The van der Waals surface area contributed by atoms with Crippen LogP contribution in [0.15, 0.2) is 35.2 Å². The van der Waals surface area contributed by atoms with E-state index in [1.807, 2.05) is 12.1 Å². The van der Waals surface area contributed by atoms with Crippen LogP contribution in [-0.4, -0.2) is 23.2 Å². The van der Waals surface area contributed by atoms with Crippen molar-refractivity contribution in [2.45, 2.75) is 6.54 Å². The van der Waals surface area contributed by atoms with E-state index in [1.54, 1.807) is 18.6 Å². The molecule has 1 aliphatic heterocycles. The van der Waals surface area contributed by atoms with Gasteiger partial charge in [0.1, 0.15) is 13.2 Å². The molecule has 0 fully saturated rings. The Hall–Kier alpha value is -1.82. The van der Waals surface area contributed by atoms with Crippen LogP contribution in [0.4, 0.5) is 5.69 Å². The molecule has 1 aliphatic rings. The summed E-state index contributed by atoms with van der Waals surface area (Å²) < 4.78 is 12.0. The number of hydrogen-bond acceptors (Lipinski definition) is 5. The van der Waals surface area contributed by atoms with Gasteiger partial charge in [-0.05, 0) is 15.9 Å². The number of anilines is 1. The van der Waals surface area contributed by atoms with E-state index in [1.165, 1.54) is 0 Å². The molecule has 1 aromatic carbocycles. The van der Waals surface area contributed by atoms with Crippen molar-refractivity contribution >= 4 is 21.6 Å². The number of ether oxygens (including phenoxy) is 2. The van der Waals surface area contributed by atoms with Crippen molar-refractivity contribution in [2.75, 3.05) is 18.5 Å². The average Bonchev–Trinajstić information content (AvgIpc) is 2.46. The van der Waals surface area contributed by atoms with Gasteiger partial charge in [0.15, 0.2) is 11.5 Å². The molecule has 5 nitrogen and oxygen atoms in total. The van der Waals surface area contributed by atoms with E-state index < -0.39 is 0 Å². The summed E-state index contributed by atoms with van der Waals surface area (Å²) in [5.41, 5.74) is 1.82. The highest BCUT2D eigenvalue weighted by molar-refractivity contribution is 9.10. The van der Waals surface area contributed by atoms with Crippen molar-refractivity contribution in [3.63, 3.8) is 0 Å². The molecule has 3 rings (SSSR count). The third kappa shape index (κ3) is 2.78. The van der Waals surface area contributed by atoms with Gasteiger partial charge in [0.2, 0.25) is 0 Å². The lowest BCUT2D eigenvalue weighted by atomic mass is 10.2. The average molecular weight is 322 g/mol. The zero-order valence-corrected chi connectivity index (χ0v) is 11.7. The predicted octanol–water partition coefficient (Wildman–Crippen LogP) is 2.62. The molecule has 0 atom stereocenters. The van der Waals surface area contributed by atoms with Gasteiger partial charge in [-0.25, -0.2) is 0 Å². The second-order valence-electron chi connectivity index (χ2n) is 4.03. The van der Waals surface area contributed by atoms with Crippen LogP contribution in [0.25, 0.3) is 0 Å². The van der Waals surface area contributed by atoms with E-state index in [0.717, 1.165) is 27.4 Å². The molecule has 98 valence electrons. The Kier molecular flexibility index (Phi) is 3.50. The van der Waals surface area contributed by atoms with Crippen molar-refractivity contribution in [3.05, 3.63) is 40.9 Å². The number of hydrogen-bond donors (Lipinski definition) is 1. The van der Waals surface area contributed by atoms with Gasteiger partial charge in [-0.1, -0.05) is 0 Å². The number of nitrogens with zero attached hydrogens (tertiary/aromatic N) is 2. The molecule has 0 radical (unpaired) electrons. The molecule has 0 bridgehead atoms. The summed E-state index contributed by atoms with van der Waals surface area (Å²) in [5, 5.41) is 3.29. The SMILES string of the molecule is Brc1cc2c(cc1NCc1cnccn1)OCCO2. The molecule has 0 aliphatic carbocycles. The Balaban J connectivity index is 1.77. The molecule has 1 N–H and O–H groups in total. The highest BCUT2D eigenvalue weighted by Gasteiger charge is 2.14. The van der Waals surface area contributed by atoms with E-state index in [4.69, 9.17) is 9.47 Å². The minimum atomic E-state index is 0.582. The first-order chi connectivity index (χ1) is 9.33. The summed E-state index contributed by atoms with van der Waals surface area (Å²) in [6, 6.07) is 3.84. The Morgan fingerprint density at radius 2 is 1.95 bits per heavy atom. The number of nitrogens with one attached hydrogen (secondary N) is 1. The second-order valence-corrected chi connectivity index (χ2v) is 4.88. The van der Waals surface area contributed by atoms with Crippen LogP contribution in [0.2, 0.25) is 0 Å². The summed E-state index contributed by atoms with van der Waals surface area (Å²) in [7, 11) is 0. The molecule has 0 saturated heterocycles. The van der Waals surface area contributed by atoms with Crippen LogP contribution in [0.3, 0.4) is 0 Å². The van der Waals surface area contributed by atoms with Gasteiger partial charge in [-0.2, -0.15) is 0 Å². The lowest BCUT2D eigenvalue weighted by molar-refractivity contribution is 0.171. The van der Waals surface area contributed by atoms with E-state index in [-0.39, 0.29) is 0 Å². The summed E-state index contributed by atoms with van der Waals surface area (Å²) in [6.07, 6.45) is 5.07. The van der Waals surface area contributed by atoms with E-state index in [0.29, 0.717) is 19.8 Å². The lowest BCUT2D eigenvalue weighted by Crippen LogP contribution is -2.15. The standard InChI is InChI=1S/C13H12BrN3O2/c14-10-5-12-13(19-4-3-18-12)6-11(10)17-8-9-7-15-1-2-16-9/h1-2,5-7,17H,3-4,8H2. The zero-order chi connectivity index (χ0) is 13.1. The maximum Gasteiger partial charge on any atom is 0.163 e. The smallest absolute Gasteiger partial charge is 0.163 e. The van der Waals surface area contributed by atoms with Gasteiger partial charge in [0, 0.05) is 29.0 Å². The molecule has 2 aromatic rings. The third-order valence-electron chi connectivity index (χ3n) is 2.71. The number of halogens is 1. The maximum absolute atomic E-state index is 5.56. The van der Waals surface area contributed by atoms with Crippen LogP contribution < -0.4 is 14.8 Å². The highest BCUT2D eigenvalue weighted by atomic mass is 79.9. The molecule has 6 heteroatoms. The topological polar surface area (TPSA) is 56.3 Å². The first-order valence-electron chi connectivity index (χ1n) is 5.91. The summed E-state index contributed by atoms with van der Waals surface area (Å²) >= 11 is 3.51. The van der Waals surface area contributed by atoms with Crippen LogP contribution >= 0.6 is 15.9 Å². The van der Waals surface area contributed by atoms with Gasteiger partial charge >= 0.3 is 0 Å². The van der Waals surface area contributed by atoms with Crippen molar-refractivity contribution < 1.29 is 9.47 Å². The third-order valence-corrected chi connectivity index (χ3v) is 3.36. The number of aromatic nitrogens is 2. The van der Waals surface area contributed by atoms with Crippen molar-refractivity contribution in [2.24, 2.45) is 0 Å². The number of fused-ring (bicyclic) bond motifs is 1. The predicted molar refractivity (Wildman–Crippen MR) is 74.5 cm³/mol. The zero-order valence-electron chi connectivity index (χ0n) is 10.1. The molecule has 0 amide bonds. The van der Waals surface area contributed by atoms with Gasteiger partial charge < -0.3 is 14.8 Å². The van der Waals surface area contributed by atoms with E-state index in [9.17, 15) is 0 Å². The maximum atomic E-state index is 5.56. The molecule has 19 heavy (non-hydrogen) atoms. The highest BCUT2D eigenvalue weighted by Crippen LogP contribution is 2.38. The van der Waals surface area contributed by atoms with Crippen molar-refractivity contribution in [1.82, 2.24) is 9.97 Å². The van der Waals surface area contributed by atoms with Gasteiger partial charge in [-0.3, -0.25) is 9.97 Å². The monoisotopic (exact) mass is 321 g/mol. The molecule has 0 spiro atoms. The van der Waals surface area contributed by atoms with Gasteiger partial charge in [0.25, 0.3) is 0 Å². The molecule has 1 aromatic heterocycles. The van der Waals surface area contributed by atoms with Gasteiger partial charge in [0.05, 0.1) is 24.1 Å². The second kappa shape index (κ2) is 5.44. The van der Waals surface area contributed by atoms with Crippen LogP contribution in [0.5, 0.6) is 11.5 Å². The number of benzene rings is 1. The Bertz CT molecular complexity index is 578. The fourth-order valence-corrected chi connectivity index (χ4v) is 2.27. The Morgan fingerprint density at radius 1 is 1.16 bits per heavy atom. The molecular formula is C13H12BrN3O2. The molecular weight excluding hydrogens is 310 g/mol. The normalized spacial score (nSPS) is 13.1. The van der Waals surface area contributed by atoms with Crippen LogP contribution in [0, 0.1) is 0 Å².